The van der Waals surface area contributed by atoms with Gasteiger partial charge in [-0.1, -0.05) is 6.07 Å². The van der Waals surface area contributed by atoms with Crippen LogP contribution in [0.2, 0.25) is 0 Å². The van der Waals surface area contributed by atoms with E-state index in [1.807, 2.05) is 25.1 Å². The third-order valence-electron chi connectivity index (χ3n) is 4.21. The van der Waals surface area contributed by atoms with E-state index in [-0.39, 0.29) is 5.91 Å². The third kappa shape index (κ3) is 2.69. The molecule has 130 valence electrons. The van der Waals surface area contributed by atoms with E-state index < -0.39 is 0 Å². The third-order valence-corrected chi connectivity index (χ3v) is 4.21. The summed E-state index contributed by atoms with van der Waals surface area (Å²) in [5.41, 5.74) is 3.81. The van der Waals surface area contributed by atoms with Crippen molar-refractivity contribution in [3.8, 4) is 11.4 Å². The summed E-state index contributed by atoms with van der Waals surface area (Å²) in [6.45, 7) is 1.96. The summed E-state index contributed by atoms with van der Waals surface area (Å²) in [7, 11) is 1.76. The van der Waals surface area contributed by atoms with E-state index in [1.165, 1.54) is 0 Å². The van der Waals surface area contributed by atoms with Gasteiger partial charge in [0.1, 0.15) is 5.52 Å². The van der Waals surface area contributed by atoms with Crippen LogP contribution in [-0.2, 0) is 7.05 Å². The number of carbonyl (C=O) groups excluding carboxylic acids is 1. The average molecular weight is 347 g/mol. The van der Waals surface area contributed by atoms with Gasteiger partial charge < -0.3 is 15.1 Å². The molecule has 1 amide bonds. The largest absolute Gasteiger partial charge is 0.426 e. The maximum absolute atomic E-state index is 12.2. The molecule has 4 aromatic rings. The number of benzene rings is 2. The van der Waals surface area contributed by atoms with Crippen LogP contribution in [0.25, 0.3) is 22.4 Å². The van der Waals surface area contributed by atoms with Crippen molar-refractivity contribution in [2.75, 3.05) is 5.32 Å². The highest BCUT2D eigenvalue weighted by Gasteiger charge is 2.14. The predicted octanol–water partition coefficient (Wildman–Crippen LogP) is 3.23. The Bertz CT molecular complexity index is 1110. The van der Waals surface area contributed by atoms with Crippen molar-refractivity contribution in [3.63, 3.8) is 0 Å². The van der Waals surface area contributed by atoms with Crippen LogP contribution in [0.5, 0.6) is 0 Å². The normalized spacial score (nSPS) is 11.0. The van der Waals surface area contributed by atoms with Crippen molar-refractivity contribution in [1.82, 2.24) is 19.3 Å². The molecule has 2 heterocycles. The summed E-state index contributed by atoms with van der Waals surface area (Å²) in [5.74, 6) is 0.504. The molecule has 2 aromatic heterocycles. The second-order valence-electron chi connectivity index (χ2n) is 6.13. The van der Waals surface area contributed by atoms with Gasteiger partial charge in [-0.2, -0.15) is 4.73 Å². The molecule has 0 fully saturated rings. The second kappa shape index (κ2) is 6.03. The van der Waals surface area contributed by atoms with E-state index in [1.54, 1.807) is 48.3 Å². The van der Waals surface area contributed by atoms with E-state index in [9.17, 15) is 10.0 Å². The lowest BCUT2D eigenvalue weighted by molar-refractivity contribution is 0.101. The standard InChI is InChI=1S/C19H17N5O2/c1-12-3-8-15-16(11-12)24(26)17(22-15)13-4-6-14(7-5-13)21-19(25)18-20-9-10-23(18)2/h3-11,26H,1-2H3,(H,21,25). The summed E-state index contributed by atoms with van der Waals surface area (Å²) >= 11 is 0. The Morgan fingerprint density at radius 3 is 2.62 bits per heavy atom. The van der Waals surface area contributed by atoms with Gasteiger partial charge in [0.25, 0.3) is 5.91 Å². The molecule has 0 bridgehead atoms. The van der Waals surface area contributed by atoms with Gasteiger partial charge in [0.2, 0.25) is 0 Å². The number of nitrogens with one attached hydrogen (secondary N) is 1. The minimum atomic E-state index is -0.282. The van der Waals surface area contributed by atoms with Crippen LogP contribution in [0.1, 0.15) is 16.2 Å². The molecule has 0 saturated heterocycles. The average Bonchev–Trinajstić information content (AvgIpc) is 3.20. The Kier molecular flexibility index (Phi) is 3.69. The lowest BCUT2D eigenvalue weighted by atomic mass is 10.2. The number of aryl methyl sites for hydroxylation is 2. The Labute approximate surface area is 149 Å². The van der Waals surface area contributed by atoms with Crippen molar-refractivity contribution in [2.24, 2.45) is 7.05 Å². The number of anilines is 1. The molecule has 0 saturated carbocycles. The number of nitrogens with zero attached hydrogens (tertiary/aromatic N) is 4. The van der Waals surface area contributed by atoms with Crippen LogP contribution < -0.4 is 5.32 Å². The quantitative estimate of drug-likeness (QED) is 0.557. The van der Waals surface area contributed by atoms with E-state index in [0.717, 1.165) is 21.4 Å². The molecule has 0 unspecified atom stereocenters. The van der Waals surface area contributed by atoms with Gasteiger partial charge in [0, 0.05) is 30.7 Å². The van der Waals surface area contributed by atoms with E-state index in [4.69, 9.17) is 0 Å². The minimum absolute atomic E-state index is 0.282. The molecule has 0 aliphatic rings. The van der Waals surface area contributed by atoms with Gasteiger partial charge >= 0.3 is 0 Å². The number of carbonyl (C=O) groups is 1. The zero-order chi connectivity index (χ0) is 18.3. The van der Waals surface area contributed by atoms with Crippen molar-refractivity contribution >= 4 is 22.6 Å². The first kappa shape index (κ1) is 15.9. The Hall–Kier alpha value is -3.61. The monoisotopic (exact) mass is 347 g/mol. The van der Waals surface area contributed by atoms with Crippen LogP contribution >= 0.6 is 0 Å². The minimum Gasteiger partial charge on any atom is -0.426 e. The van der Waals surface area contributed by atoms with Crippen LogP contribution in [-0.4, -0.2) is 30.4 Å². The summed E-state index contributed by atoms with van der Waals surface area (Å²) < 4.78 is 2.74. The van der Waals surface area contributed by atoms with Gasteiger partial charge in [-0.3, -0.25) is 4.79 Å². The van der Waals surface area contributed by atoms with E-state index in [2.05, 4.69) is 15.3 Å². The molecule has 7 heteroatoms. The van der Waals surface area contributed by atoms with E-state index >= 15 is 0 Å². The zero-order valence-electron chi connectivity index (χ0n) is 14.3. The SMILES string of the molecule is Cc1ccc2nc(-c3ccc(NC(=O)c4nccn4C)cc3)n(O)c2c1. The van der Waals surface area contributed by atoms with Crippen molar-refractivity contribution in [1.29, 1.82) is 0 Å². The fourth-order valence-electron chi connectivity index (χ4n) is 2.83. The van der Waals surface area contributed by atoms with Gasteiger partial charge in [-0.05, 0) is 48.9 Å². The Morgan fingerprint density at radius 2 is 1.92 bits per heavy atom. The smallest absolute Gasteiger partial charge is 0.291 e. The first-order chi connectivity index (χ1) is 12.5. The number of hydrogen-bond donors (Lipinski definition) is 2. The molecule has 0 spiro atoms. The zero-order valence-corrected chi connectivity index (χ0v) is 14.3. The first-order valence-electron chi connectivity index (χ1n) is 8.10. The molecule has 2 N–H and O–H groups in total. The molecule has 7 nitrogen and oxygen atoms in total. The van der Waals surface area contributed by atoms with Crippen LogP contribution in [0.15, 0.2) is 54.9 Å². The lowest BCUT2D eigenvalue weighted by Gasteiger charge is -2.06. The highest BCUT2D eigenvalue weighted by Crippen LogP contribution is 2.25. The molecule has 2 aromatic carbocycles. The fraction of sp³-hybridized carbons (Fsp3) is 0.105. The highest BCUT2D eigenvalue weighted by atomic mass is 16.5. The lowest BCUT2D eigenvalue weighted by Crippen LogP contribution is -2.16. The highest BCUT2D eigenvalue weighted by molar-refractivity contribution is 6.01. The molecule has 0 atom stereocenters. The Balaban J connectivity index is 1.61. The first-order valence-corrected chi connectivity index (χ1v) is 8.10. The Morgan fingerprint density at radius 1 is 1.15 bits per heavy atom. The summed E-state index contributed by atoms with van der Waals surface area (Å²) in [6, 6.07) is 12.8. The second-order valence-corrected chi connectivity index (χ2v) is 6.13. The predicted molar refractivity (Wildman–Crippen MR) is 98.3 cm³/mol. The van der Waals surface area contributed by atoms with Gasteiger partial charge in [0.05, 0.1) is 5.52 Å². The summed E-state index contributed by atoms with van der Waals surface area (Å²) in [5, 5.41) is 13.2. The number of aromatic nitrogens is 4. The van der Waals surface area contributed by atoms with Crippen LogP contribution in [0.4, 0.5) is 5.69 Å². The number of fused-ring (bicyclic) bond motifs is 1. The van der Waals surface area contributed by atoms with Crippen molar-refractivity contribution < 1.29 is 10.0 Å². The molecule has 0 radical (unpaired) electrons. The van der Waals surface area contributed by atoms with Gasteiger partial charge in [0.15, 0.2) is 11.6 Å². The van der Waals surface area contributed by atoms with Crippen LogP contribution in [0, 0.1) is 6.92 Å². The molecular formula is C19H17N5O2. The van der Waals surface area contributed by atoms with Gasteiger partial charge in [-0.15, -0.1) is 0 Å². The molecule has 0 aliphatic carbocycles. The fourth-order valence-corrected chi connectivity index (χ4v) is 2.83. The number of amides is 1. The van der Waals surface area contributed by atoms with Crippen LogP contribution in [0.3, 0.4) is 0 Å². The summed E-state index contributed by atoms with van der Waals surface area (Å²) in [4.78, 5) is 20.7. The number of hydrogen-bond acceptors (Lipinski definition) is 4. The van der Waals surface area contributed by atoms with Gasteiger partial charge in [-0.25, -0.2) is 9.97 Å². The van der Waals surface area contributed by atoms with Crippen molar-refractivity contribution in [2.45, 2.75) is 6.92 Å². The summed E-state index contributed by atoms with van der Waals surface area (Å²) in [6.07, 6.45) is 3.29. The van der Waals surface area contributed by atoms with E-state index in [0.29, 0.717) is 22.9 Å². The van der Waals surface area contributed by atoms with Crippen molar-refractivity contribution in [3.05, 3.63) is 66.2 Å². The maximum atomic E-state index is 12.2. The molecule has 26 heavy (non-hydrogen) atoms. The molecular weight excluding hydrogens is 330 g/mol. The molecule has 4 rings (SSSR count). The maximum Gasteiger partial charge on any atom is 0.291 e. The number of imidazole rings is 2. The topological polar surface area (TPSA) is 85.0 Å². The molecule has 0 aliphatic heterocycles. The number of rotatable bonds is 3.